The first-order valence-corrected chi connectivity index (χ1v) is 8.47. The van der Waals surface area contributed by atoms with Gasteiger partial charge in [0.1, 0.15) is 9.84 Å². The van der Waals surface area contributed by atoms with Gasteiger partial charge in [0.15, 0.2) is 0 Å². The predicted molar refractivity (Wildman–Crippen MR) is 69.8 cm³/mol. The lowest BCUT2D eigenvalue weighted by atomic mass is 9.66. The number of nitrogens with one attached hydrogen (secondary N) is 1. The zero-order chi connectivity index (χ0) is 13.2. The van der Waals surface area contributed by atoms with E-state index in [0.29, 0.717) is 25.8 Å². The van der Waals surface area contributed by atoms with E-state index in [1.54, 1.807) is 0 Å². The molecule has 1 heterocycles. The fourth-order valence-corrected chi connectivity index (χ4v) is 4.27. The number of hydrogen-bond acceptors (Lipinski definition) is 4. The number of amides is 1. The Hall–Kier alpha value is -0.620. The molecule has 0 atom stereocenters. The second kappa shape index (κ2) is 5.17. The molecule has 6 heteroatoms. The minimum Gasteiger partial charge on any atom is -0.353 e. The quantitative estimate of drug-likeness (QED) is 0.766. The van der Waals surface area contributed by atoms with Crippen LogP contribution in [0.5, 0.6) is 0 Å². The first-order valence-electron chi connectivity index (χ1n) is 6.65. The van der Waals surface area contributed by atoms with E-state index in [2.05, 4.69) is 5.32 Å². The number of nitrogens with two attached hydrogens (primary N) is 1. The Labute approximate surface area is 108 Å². The van der Waals surface area contributed by atoms with Crippen LogP contribution in [0.4, 0.5) is 0 Å². The second-order valence-electron chi connectivity index (χ2n) is 5.73. The Bertz CT molecular complexity index is 396. The van der Waals surface area contributed by atoms with Crippen molar-refractivity contribution >= 4 is 15.7 Å². The third-order valence-corrected chi connectivity index (χ3v) is 6.02. The fraction of sp³-hybridized carbons (Fsp3) is 0.917. The van der Waals surface area contributed by atoms with Crippen molar-refractivity contribution in [2.45, 2.75) is 44.6 Å². The molecule has 2 fully saturated rings. The first kappa shape index (κ1) is 13.8. The Kier molecular flexibility index (Phi) is 3.96. The van der Waals surface area contributed by atoms with Gasteiger partial charge in [-0.1, -0.05) is 6.42 Å². The Morgan fingerprint density at radius 2 is 1.89 bits per heavy atom. The normalized spacial score (nSPS) is 26.3. The summed E-state index contributed by atoms with van der Waals surface area (Å²) in [5.41, 5.74) is 5.75. The summed E-state index contributed by atoms with van der Waals surface area (Å²) < 4.78 is 22.6. The van der Waals surface area contributed by atoms with Crippen molar-refractivity contribution in [3.63, 3.8) is 0 Å². The molecule has 0 bridgehead atoms. The Morgan fingerprint density at radius 3 is 2.33 bits per heavy atom. The third kappa shape index (κ3) is 3.23. The molecule has 5 nitrogen and oxygen atoms in total. The molecule has 0 spiro atoms. The lowest BCUT2D eigenvalue weighted by Gasteiger charge is -2.40. The number of carbonyl (C=O) groups excluding carboxylic acids is 1. The van der Waals surface area contributed by atoms with Crippen LogP contribution in [0.3, 0.4) is 0 Å². The van der Waals surface area contributed by atoms with Gasteiger partial charge in [0, 0.05) is 12.5 Å². The van der Waals surface area contributed by atoms with E-state index in [-0.39, 0.29) is 28.9 Å². The molecule has 18 heavy (non-hydrogen) atoms. The van der Waals surface area contributed by atoms with E-state index in [1.807, 2.05) is 0 Å². The fourth-order valence-electron chi connectivity index (χ4n) is 2.78. The summed E-state index contributed by atoms with van der Waals surface area (Å²) in [5, 5.41) is 2.96. The van der Waals surface area contributed by atoms with Crippen molar-refractivity contribution in [3.05, 3.63) is 0 Å². The molecular weight excluding hydrogens is 252 g/mol. The highest BCUT2D eigenvalue weighted by Gasteiger charge is 2.38. The van der Waals surface area contributed by atoms with Gasteiger partial charge >= 0.3 is 0 Å². The van der Waals surface area contributed by atoms with Crippen molar-refractivity contribution in [1.82, 2.24) is 5.32 Å². The molecule has 0 aromatic rings. The standard InChI is InChI=1S/C12H22N2O3S/c13-9-12(4-1-5-12)8-11(15)14-10-2-6-18(16,17)7-3-10/h10H,1-9,13H2,(H,14,15). The third-order valence-electron chi connectivity index (χ3n) is 4.30. The zero-order valence-corrected chi connectivity index (χ0v) is 11.5. The summed E-state index contributed by atoms with van der Waals surface area (Å²) >= 11 is 0. The summed E-state index contributed by atoms with van der Waals surface area (Å²) in [6.45, 7) is 0.569. The minimum atomic E-state index is -2.86. The van der Waals surface area contributed by atoms with Crippen LogP contribution in [0, 0.1) is 5.41 Å². The molecule has 0 unspecified atom stereocenters. The monoisotopic (exact) mass is 274 g/mol. The SMILES string of the molecule is NCC1(CC(=O)NC2CCS(=O)(=O)CC2)CCC1. The van der Waals surface area contributed by atoms with Crippen molar-refractivity contribution in [2.24, 2.45) is 11.1 Å². The van der Waals surface area contributed by atoms with Crippen molar-refractivity contribution in [2.75, 3.05) is 18.1 Å². The molecule has 0 aromatic heterocycles. The number of sulfone groups is 1. The number of rotatable bonds is 4. The summed E-state index contributed by atoms with van der Waals surface area (Å²) in [6, 6.07) is 0.0240. The van der Waals surface area contributed by atoms with Gasteiger partial charge in [-0.2, -0.15) is 0 Å². The maximum absolute atomic E-state index is 11.9. The van der Waals surface area contributed by atoms with Crippen LogP contribution in [0.2, 0.25) is 0 Å². The maximum atomic E-state index is 11.9. The van der Waals surface area contributed by atoms with Gasteiger partial charge in [-0.05, 0) is 37.6 Å². The summed E-state index contributed by atoms with van der Waals surface area (Å²) in [4.78, 5) is 11.9. The Morgan fingerprint density at radius 1 is 1.28 bits per heavy atom. The summed E-state index contributed by atoms with van der Waals surface area (Å²) in [6.07, 6.45) is 4.82. The zero-order valence-electron chi connectivity index (χ0n) is 10.7. The van der Waals surface area contributed by atoms with Crippen LogP contribution in [0.15, 0.2) is 0 Å². The smallest absolute Gasteiger partial charge is 0.220 e. The van der Waals surface area contributed by atoms with Gasteiger partial charge in [0.25, 0.3) is 0 Å². The van der Waals surface area contributed by atoms with Gasteiger partial charge < -0.3 is 11.1 Å². The van der Waals surface area contributed by atoms with Crippen LogP contribution in [-0.2, 0) is 14.6 Å². The lowest BCUT2D eigenvalue weighted by molar-refractivity contribution is -0.125. The van der Waals surface area contributed by atoms with E-state index in [4.69, 9.17) is 5.73 Å². The molecule has 2 aliphatic rings. The second-order valence-corrected chi connectivity index (χ2v) is 8.03. The van der Waals surface area contributed by atoms with Crippen LogP contribution < -0.4 is 11.1 Å². The molecule has 1 amide bonds. The molecule has 104 valence electrons. The lowest BCUT2D eigenvalue weighted by Crippen LogP contribution is -2.46. The maximum Gasteiger partial charge on any atom is 0.220 e. The van der Waals surface area contributed by atoms with Crippen LogP contribution in [0.25, 0.3) is 0 Å². The van der Waals surface area contributed by atoms with Crippen LogP contribution in [0.1, 0.15) is 38.5 Å². The van der Waals surface area contributed by atoms with Crippen molar-refractivity contribution < 1.29 is 13.2 Å². The predicted octanol–water partition coefficient (Wildman–Crippen LogP) is 0.199. The van der Waals surface area contributed by atoms with Gasteiger partial charge in [-0.3, -0.25) is 4.79 Å². The molecule has 2 rings (SSSR count). The molecule has 1 aliphatic carbocycles. The van der Waals surface area contributed by atoms with Crippen LogP contribution in [-0.4, -0.2) is 38.4 Å². The van der Waals surface area contributed by atoms with Crippen molar-refractivity contribution in [1.29, 1.82) is 0 Å². The molecule has 1 aliphatic heterocycles. The Balaban J connectivity index is 1.78. The van der Waals surface area contributed by atoms with E-state index < -0.39 is 9.84 Å². The van der Waals surface area contributed by atoms with E-state index in [0.717, 1.165) is 19.3 Å². The van der Waals surface area contributed by atoms with Gasteiger partial charge in [-0.25, -0.2) is 8.42 Å². The molecule has 3 N–H and O–H groups in total. The van der Waals surface area contributed by atoms with Gasteiger partial charge in [0.05, 0.1) is 11.5 Å². The number of hydrogen-bond donors (Lipinski definition) is 2. The van der Waals surface area contributed by atoms with E-state index in [9.17, 15) is 13.2 Å². The minimum absolute atomic E-state index is 0.0187. The van der Waals surface area contributed by atoms with Gasteiger partial charge in [0.2, 0.25) is 5.91 Å². The summed E-state index contributed by atoms with van der Waals surface area (Å²) in [5.74, 6) is 0.421. The number of carbonyl (C=O) groups is 1. The van der Waals surface area contributed by atoms with Crippen LogP contribution >= 0.6 is 0 Å². The highest BCUT2D eigenvalue weighted by atomic mass is 32.2. The average molecular weight is 274 g/mol. The average Bonchev–Trinajstić information content (AvgIpc) is 2.27. The highest BCUT2D eigenvalue weighted by molar-refractivity contribution is 7.91. The van der Waals surface area contributed by atoms with Gasteiger partial charge in [-0.15, -0.1) is 0 Å². The molecule has 1 saturated carbocycles. The first-order chi connectivity index (χ1) is 8.45. The summed E-state index contributed by atoms with van der Waals surface area (Å²) in [7, 11) is -2.86. The molecular formula is C12H22N2O3S. The largest absolute Gasteiger partial charge is 0.353 e. The van der Waals surface area contributed by atoms with Crippen molar-refractivity contribution in [3.8, 4) is 0 Å². The molecule has 0 radical (unpaired) electrons. The van der Waals surface area contributed by atoms with E-state index >= 15 is 0 Å². The molecule has 0 aromatic carbocycles. The molecule has 1 saturated heterocycles. The van der Waals surface area contributed by atoms with E-state index in [1.165, 1.54) is 0 Å². The topological polar surface area (TPSA) is 89.3 Å². The highest BCUT2D eigenvalue weighted by Crippen LogP contribution is 2.42.